The van der Waals surface area contributed by atoms with Crippen molar-refractivity contribution in [3.63, 3.8) is 0 Å². The summed E-state index contributed by atoms with van der Waals surface area (Å²) in [5.41, 5.74) is 0.394. The predicted molar refractivity (Wildman–Crippen MR) is 92.2 cm³/mol. The van der Waals surface area contributed by atoms with Gasteiger partial charge in [0.25, 0.3) is 5.56 Å². The van der Waals surface area contributed by atoms with Crippen LogP contribution in [0.2, 0.25) is 5.02 Å². The summed E-state index contributed by atoms with van der Waals surface area (Å²) in [7, 11) is 0. The minimum Gasteiger partial charge on any atom is -0.466 e. The number of ketones is 1. The van der Waals surface area contributed by atoms with Crippen molar-refractivity contribution in [3.8, 4) is 5.69 Å². The van der Waals surface area contributed by atoms with Crippen LogP contribution in [0, 0.1) is 0 Å². The molecule has 0 aliphatic rings. The Hall–Kier alpha value is -3.07. The van der Waals surface area contributed by atoms with Crippen LogP contribution in [0.4, 0.5) is 0 Å². The van der Waals surface area contributed by atoms with E-state index in [0.29, 0.717) is 10.7 Å². The van der Waals surface area contributed by atoms with Crippen molar-refractivity contribution in [2.45, 2.75) is 19.9 Å². The Bertz CT molecular complexity index is 1030. The van der Waals surface area contributed by atoms with E-state index in [1.54, 1.807) is 31.2 Å². The summed E-state index contributed by atoms with van der Waals surface area (Å²) in [4.78, 5) is 39.9. The van der Waals surface area contributed by atoms with E-state index in [4.69, 9.17) is 16.3 Å². The van der Waals surface area contributed by atoms with E-state index in [-0.39, 0.29) is 24.3 Å². The fourth-order valence-electron chi connectivity index (χ4n) is 2.33. The van der Waals surface area contributed by atoms with E-state index in [1.165, 1.54) is 11.0 Å². The normalized spacial score (nSPS) is 10.8. The van der Waals surface area contributed by atoms with Gasteiger partial charge in [0.1, 0.15) is 12.7 Å². The lowest BCUT2D eigenvalue weighted by Gasteiger charge is -2.05. The average Bonchev–Trinajstić information content (AvgIpc) is 3.03. The predicted octanol–water partition coefficient (Wildman–Crippen LogP) is 1.15. The van der Waals surface area contributed by atoms with Gasteiger partial charge >= 0.3 is 5.97 Å². The Kier molecular flexibility index (Phi) is 5.08. The Balaban J connectivity index is 1.88. The number of aromatic nitrogens is 5. The maximum absolute atomic E-state index is 12.5. The van der Waals surface area contributed by atoms with Gasteiger partial charge in [-0.1, -0.05) is 16.8 Å². The molecule has 2 aromatic heterocycles. The number of hydrogen-bond acceptors (Lipinski definition) is 7. The lowest BCUT2D eigenvalue weighted by Crippen LogP contribution is -2.26. The number of benzene rings is 1. The second kappa shape index (κ2) is 7.44. The van der Waals surface area contributed by atoms with E-state index >= 15 is 0 Å². The quantitative estimate of drug-likeness (QED) is 0.469. The Labute approximate surface area is 152 Å². The molecule has 3 aromatic rings. The summed E-state index contributed by atoms with van der Waals surface area (Å²) in [5.74, 6) is -1.09. The summed E-state index contributed by atoms with van der Waals surface area (Å²) in [6.45, 7) is 1.54. The molecule has 0 spiro atoms. The molecule has 0 amide bonds. The molecule has 0 bridgehead atoms. The first-order valence-corrected chi connectivity index (χ1v) is 8.11. The number of ether oxygens (including phenoxy) is 1. The highest BCUT2D eigenvalue weighted by Gasteiger charge is 2.16. The highest BCUT2D eigenvalue weighted by atomic mass is 35.5. The van der Waals surface area contributed by atoms with Crippen LogP contribution < -0.4 is 5.56 Å². The largest absolute Gasteiger partial charge is 0.466 e. The molecule has 0 atom stereocenters. The van der Waals surface area contributed by atoms with Gasteiger partial charge in [0, 0.05) is 5.02 Å². The van der Waals surface area contributed by atoms with Gasteiger partial charge in [0.2, 0.25) is 0 Å². The van der Waals surface area contributed by atoms with Crippen LogP contribution in [0.1, 0.15) is 13.3 Å². The number of Topliss-reactive ketones (excluding diaryl/α,β-unsaturated/α-hetero) is 1. The van der Waals surface area contributed by atoms with Gasteiger partial charge in [-0.15, -0.1) is 5.10 Å². The second-order valence-electron chi connectivity index (χ2n) is 5.35. The smallest absolute Gasteiger partial charge is 0.313 e. The molecule has 3 rings (SSSR count). The highest BCUT2D eigenvalue weighted by molar-refractivity contribution is 6.30. The van der Waals surface area contributed by atoms with Crippen molar-refractivity contribution in [2.75, 3.05) is 6.61 Å². The van der Waals surface area contributed by atoms with Crippen LogP contribution in [0.25, 0.3) is 16.9 Å². The molecule has 0 radical (unpaired) electrons. The molecule has 9 nitrogen and oxygen atoms in total. The molecule has 26 heavy (non-hydrogen) atoms. The minimum atomic E-state index is -0.631. The van der Waals surface area contributed by atoms with Crippen LogP contribution in [0.3, 0.4) is 0 Å². The minimum absolute atomic E-state index is 0.0198. The third-order valence-corrected chi connectivity index (χ3v) is 3.75. The van der Waals surface area contributed by atoms with E-state index in [0.717, 1.165) is 4.57 Å². The molecule has 0 saturated carbocycles. The maximum atomic E-state index is 12.5. The van der Waals surface area contributed by atoms with Crippen LogP contribution in [-0.2, 0) is 20.9 Å². The Morgan fingerprint density at radius 1 is 1.23 bits per heavy atom. The molecule has 10 heteroatoms. The molecule has 0 unspecified atom stereocenters. The third-order valence-electron chi connectivity index (χ3n) is 3.49. The van der Waals surface area contributed by atoms with Gasteiger partial charge in [-0.05, 0) is 31.2 Å². The van der Waals surface area contributed by atoms with Gasteiger partial charge in [0.05, 0.1) is 18.8 Å². The van der Waals surface area contributed by atoms with Crippen LogP contribution in [0.15, 0.2) is 35.4 Å². The fraction of sp³-hybridized carbons (Fsp3) is 0.250. The van der Waals surface area contributed by atoms with E-state index < -0.39 is 23.7 Å². The standard InChI is InChI=1S/C16H14ClN5O4/c1-2-26-13(24)7-12(23)8-21-9-18-15-14(16(21)25)19-20-22(15)11-5-3-10(17)4-6-11/h3-6,9H,2,7-8H2,1H3. The summed E-state index contributed by atoms with van der Waals surface area (Å²) in [6.07, 6.45) is 0.819. The van der Waals surface area contributed by atoms with Crippen molar-refractivity contribution in [3.05, 3.63) is 46.0 Å². The third kappa shape index (κ3) is 3.62. The number of rotatable bonds is 6. The second-order valence-corrected chi connectivity index (χ2v) is 5.78. The van der Waals surface area contributed by atoms with Gasteiger partial charge in [-0.3, -0.25) is 19.0 Å². The lowest BCUT2D eigenvalue weighted by molar-refractivity contribution is -0.145. The van der Waals surface area contributed by atoms with Crippen LogP contribution >= 0.6 is 11.6 Å². The average molecular weight is 376 g/mol. The number of nitrogens with zero attached hydrogens (tertiary/aromatic N) is 5. The molecule has 0 saturated heterocycles. The molecule has 134 valence electrons. The number of esters is 1. The number of fused-ring (bicyclic) bond motifs is 1. The number of hydrogen-bond donors (Lipinski definition) is 0. The Morgan fingerprint density at radius 2 is 1.96 bits per heavy atom. The SMILES string of the molecule is CCOC(=O)CC(=O)Cn1cnc2c(nnn2-c2ccc(Cl)cc2)c1=O. The van der Waals surface area contributed by atoms with Crippen molar-refractivity contribution < 1.29 is 14.3 Å². The van der Waals surface area contributed by atoms with Crippen LogP contribution in [-0.4, -0.2) is 42.9 Å². The summed E-state index contributed by atoms with van der Waals surface area (Å²) in [5, 5.41) is 8.36. The zero-order chi connectivity index (χ0) is 18.7. The van der Waals surface area contributed by atoms with Gasteiger partial charge < -0.3 is 4.74 Å². The first-order chi connectivity index (χ1) is 12.5. The highest BCUT2D eigenvalue weighted by Crippen LogP contribution is 2.15. The molecule has 0 aliphatic heterocycles. The van der Waals surface area contributed by atoms with E-state index in [1.807, 2.05) is 0 Å². The molecule has 1 aromatic carbocycles. The molecule has 0 aliphatic carbocycles. The number of carbonyl (C=O) groups excluding carboxylic acids is 2. The Morgan fingerprint density at radius 3 is 2.65 bits per heavy atom. The first kappa shape index (κ1) is 17.7. The summed E-state index contributed by atoms with van der Waals surface area (Å²) < 4.78 is 7.20. The van der Waals surface area contributed by atoms with E-state index in [2.05, 4.69) is 15.3 Å². The van der Waals surface area contributed by atoms with Gasteiger partial charge in [-0.25, -0.2) is 4.98 Å². The van der Waals surface area contributed by atoms with E-state index in [9.17, 15) is 14.4 Å². The fourth-order valence-corrected chi connectivity index (χ4v) is 2.46. The summed E-state index contributed by atoms with van der Waals surface area (Å²) >= 11 is 5.86. The van der Waals surface area contributed by atoms with Crippen molar-refractivity contribution in [1.82, 2.24) is 24.5 Å². The molecular weight excluding hydrogens is 362 g/mol. The monoisotopic (exact) mass is 375 g/mol. The zero-order valence-corrected chi connectivity index (χ0v) is 14.5. The first-order valence-electron chi connectivity index (χ1n) is 7.73. The molecule has 0 N–H and O–H groups in total. The van der Waals surface area contributed by atoms with Crippen molar-refractivity contribution in [1.29, 1.82) is 0 Å². The van der Waals surface area contributed by atoms with Gasteiger partial charge in [-0.2, -0.15) is 4.68 Å². The molecule has 2 heterocycles. The van der Waals surface area contributed by atoms with Gasteiger partial charge in [0.15, 0.2) is 16.9 Å². The topological polar surface area (TPSA) is 109 Å². The molecule has 0 fully saturated rings. The number of carbonyl (C=O) groups is 2. The number of halogens is 1. The lowest BCUT2D eigenvalue weighted by atomic mass is 10.3. The summed E-state index contributed by atoms with van der Waals surface area (Å²) in [6, 6.07) is 6.79. The maximum Gasteiger partial charge on any atom is 0.313 e. The van der Waals surface area contributed by atoms with Crippen molar-refractivity contribution >= 4 is 34.5 Å². The van der Waals surface area contributed by atoms with Crippen molar-refractivity contribution in [2.24, 2.45) is 0 Å². The molecular formula is C16H14ClN5O4. The zero-order valence-electron chi connectivity index (χ0n) is 13.8. The van der Waals surface area contributed by atoms with Crippen LogP contribution in [0.5, 0.6) is 0 Å².